The van der Waals surface area contributed by atoms with Gasteiger partial charge in [-0.1, -0.05) is 18.2 Å². The van der Waals surface area contributed by atoms with Crippen LogP contribution in [0.25, 0.3) is 10.8 Å². The molecular formula is C23H25N5O5. The molecule has 0 spiro atoms. The van der Waals surface area contributed by atoms with E-state index in [-0.39, 0.29) is 29.0 Å². The van der Waals surface area contributed by atoms with Crippen LogP contribution in [0.2, 0.25) is 0 Å². The van der Waals surface area contributed by atoms with Crippen LogP contribution in [0.1, 0.15) is 60.2 Å². The normalized spacial score (nSPS) is 16.1. The van der Waals surface area contributed by atoms with Gasteiger partial charge < -0.3 is 9.32 Å². The lowest BCUT2D eigenvalue weighted by Gasteiger charge is -2.34. The Hall–Kier alpha value is -3.95. The number of nitrogens with one attached hydrogen (secondary N) is 2. The van der Waals surface area contributed by atoms with Crippen molar-refractivity contribution in [3.8, 4) is 0 Å². The van der Waals surface area contributed by atoms with E-state index in [4.69, 9.17) is 4.42 Å². The third-order valence-electron chi connectivity index (χ3n) is 5.63. The highest BCUT2D eigenvalue weighted by Crippen LogP contribution is 2.20. The number of fused-ring (bicyclic) bond motifs is 1. The van der Waals surface area contributed by atoms with Crippen LogP contribution in [-0.2, 0) is 4.79 Å². The van der Waals surface area contributed by atoms with Gasteiger partial charge >= 0.3 is 0 Å². The maximum atomic E-state index is 12.9. The lowest BCUT2D eigenvalue weighted by Crippen LogP contribution is -2.55. The van der Waals surface area contributed by atoms with Gasteiger partial charge in [-0.25, -0.2) is 4.68 Å². The van der Waals surface area contributed by atoms with E-state index in [1.165, 1.54) is 15.8 Å². The minimum atomic E-state index is -0.744. The van der Waals surface area contributed by atoms with E-state index in [0.29, 0.717) is 23.7 Å². The first-order chi connectivity index (χ1) is 15.9. The summed E-state index contributed by atoms with van der Waals surface area (Å²) in [6.45, 7) is 4.00. The average Bonchev–Trinajstić information content (AvgIpc) is 3.37. The zero-order valence-corrected chi connectivity index (χ0v) is 18.4. The fourth-order valence-corrected chi connectivity index (χ4v) is 3.97. The number of piperidine rings is 1. The van der Waals surface area contributed by atoms with Crippen molar-refractivity contribution in [1.29, 1.82) is 0 Å². The van der Waals surface area contributed by atoms with Gasteiger partial charge in [0.15, 0.2) is 11.5 Å². The molecule has 0 bridgehead atoms. The van der Waals surface area contributed by atoms with E-state index in [1.54, 1.807) is 50.2 Å². The zero-order chi connectivity index (χ0) is 23.5. The molecular weight excluding hydrogens is 426 g/mol. The topological polar surface area (TPSA) is 127 Å². The Morgan fingerprint density at radius 3 is 2.52 bits per heavy atom. The summed E-state index contributed by atoms with van der Waals surface area (Å²) < 4.78 is 6.42. The molecule has 1 fully saturated rings. The van der Waals surface area contributed by atoms with Gasteiger partial charge in [0.1, 0.15) is 6.04 Å². The zero-order valence-electron chi connectivity index (χ0n) is 18.4. The molecule has 1 saturated heterocycles. The van der Waals surface area contributed by atoms with E-state index >= 15 is 0 Å². The first kappa shape index (κ1) is 22.3. The van der Waals surface area contributed by atoms with Crippen LogP contribution >= 0.6 is 0 Å². The van der Waals surface area contributed by atoms with Crippen LogP contribution in [0.15, 0.2) is 51.9 Å². The number of nitrogens with zero attached hydrogens (tertiary/aromatic N) is 3. The number of furan rings is 1. The molecule has 0 aliphatic carbocycles. The average molecular weight is 451 g/mol. The molecule has 3 aromatic rings. The molecule has 10 heteroatoms. The van der Waals surface area contributed by atoms with Crippen molar-refractivity contribution < 1.29 is 18.8 Å². The molecule has 3 heterocycles. The second-order valence-electron chi connectivity index (χ2n) is 8.17. The number of benzene rings is 1. The first-order valence-electron chi connectivity index (χ1n) is 10.8. The van der Waals surface area contributed by atoms with Crippen molar-refractivity contribution in [3.63, 3.8) is 0 Å². The Morgan fingerprint density at radius 2 is 1.82 bits per heavy atom. The van der Waals surface area contributed by atoms with E-state index < -0.39 is 17.9 Å². The fourth-order valence-electron chi connectivity index (χ4n) is 3.97. The van der Waals surface area contributed by atoms with Gasteiger partial charge in [0.05, 0.1) is 17.7 Å². The molecule has 0 saturated carbocycles. The number of hydrogen-bond donors (Lipinski definition) is 2. The number of carbonyl (C=O) groups is 3. The van der Waals surface area contributed by atoms with Crippen molar-refractivity contribution in [2.24, 2.45) is 0 Å². The minimum absolute atomic E-state index is 0.0198. The molecule has 1 aromatic carbocycles. The summed E-state index contributed by atoms with van der Waals surface area (Å²) in [5, 5.41) is 4.98. The first-order valence-corrected chi connectivity index (χ1v) is 10.8. The number of amides is 3. The second-order valence-corrected chi connectivity index (χ2v) is 8.17. The van der Waals surface area contributed by atoms with Crippen LogP contribution < -0.4 is 16.4 Å². The van der Waals surface area contributed by atoms with Gasteiger partial charge in [-0.3, -0.25) is 30.0 Å². The smallest absolute Gasteiger partial charge is 0.290 e. The van der Waals surface area contributed by atoms with Gasteiger partial charge in [0.2, 0.25) is 0 Å². The summed E-state index contributed by atoms with van der Waals surface area (Å²) in [5.74, 6) is -1.38. The van der Waals surface area contributed by atoms with Crippen LogP contribution in [0.5, 0.6) is 0 Å². The molecule has 10 nitrogen and oxygen atoms in total. The number of likely N-dealkylation sites (tertiary alicyclic amines) is 1. The summed E-state index contributed by atoms with van der Waals surface area (Å²) in [6.07, 6.45) is 3.42. The summed E-state index contributed by atoms with van der Waals surface area (Å²) in [6, 6.07) is 8.85. The largest absolute Gasteiger partial charge is 0.459 e. The Bertz CT molecular complexity index is 1250. The van der Waals surface area contributed by atoms with Gasteiger partial charge in [0, 0.05) is 11.9 Å². The van der Waals surface area contributed by atoms with Crippen molar-refractivity contribution in [2.75, 3.05) is 6.54 Å². The van der Waals surface area contributed by atoms with E-state index in [0.717, 1.165) is 12.8 Å². The minimum Gasteiger partial charge on any atom is -0.459 e. The molecule has 1 atom stereocenters. The van der Waals surface area contributed by atoms with E-state index in [2.05, 4.69) is 16.0 Å². The summed E-state index contributed by atoms with van der Waals surface area (Å²) in [5.41, 5.74) is 4.53. The van der Waals surface area contributed by atoms with Gasteiger partial charge in [-0.05, 0) is 51.3 Å². The molecule has 4 rings (SSSR count). The highest BCUT2D eigenvalue weighted by atomic mass is 16.3. The van der Waals surface area contributed by atoms with Crippen LogP contribution in [0, 0.1) is 0 Å². The second kappa shape index (κ2) is 9.27. The fraction of sp³-hybridized carbons (Fsp3) is 0.348. The molecule has 0 radical (unpaired) electrons. The highest BCUT2D eigenvalue weighted by Gasteiger charge is 2.34. The van der Waals surface area contributed by atoms with E-state index in [1.807, 2.05) is 0 Å². The monoisotopic (exact) mass is 451 g/mol. The van der Waals surface area contributed by atoms with Crippen molar-refractivity contribution in [1.82, 2.24) is 25.5 Å². The van der Waals surface area contributed by atoms with Gasteiger partial charge in [-0.15, -0.1) is 0 Å². The van der Waals surface area contributed by atoms with Crippen molar-refractivity contribution in [3.05, 3.63) is 64.5 Å². The van der Waals surface area contributed by atoms with Gasteiger partial charge in [0.25, 0.3) is 23.3 Å². The molecule has 3 amide bonds. The maximum absolute atomic E-state index is 12.9. The molecule has 1 unspecified atom stereocenters. The lowest BCUT2D eigenvalue weighted by atomic mass is 10.0. The SMILES string of the molecule is CC(C)n1nc(C(=O)NNC(=O)C2CCCCN2C(=O)c2ccco2)c2ccccc2c1=O. The number of rotatable bonds is 4. The molecule has 33 heavy (non-hydrogen) atoms. The third kappa shape index (κ3) is 4.36. The Morgan fingerprint density at radius 1 is 1.06 bits per heavy atom. The van der Waals surface area contributed by atoms with E-state index in [9.17, 15) is 19.2 Å². The predicted molar refractivity (Wildman–Crippen MR) is 119 cm³/mol. The Kier molecular flexibility index (Phi) is 6.25. The molecule has 172 valence electrons. The number of carbonyl (C=O) groups excluding carboxylic acids is 3. The molecule has 2 N–H and O–H groups in total. The number of hydrazine groups is 1. The maximum Gasteiger partial charge on any atom is 0.290 e. The van der Waals surface area contributed by atoms with Crippen LogP contribution in [0.3, 0.4) is 0 Å². The van der Waals surface area contributed by atoms with Crippen molar-refractivity contribution in [2.45, 2.75) is 45.2 Å². The third-order valence-corrected chi connectivity index (χ3v) is 5.63. The highest BCUT2D eigenvalue weighted by molar-refractivity contribution is 6.05. The molecule has 2 aromatic heterocycles. The predicted octanol–water partition coefficient (Wildman–Crippen LogP) is 2.03. The molecule has 1 aliphatic rings. The quantitative estimate of drug-likeness (QED) is 0.585. The number of hydrogen-bond acceptors (Lipinski definition) is 6. The standard InChI is InChI=1S/C23H25N5O5/c1-14(2)28-22(31)16-9-4-3-8-15(16)19(26-28)21(30)25-24-20(29)17-10-5-6-12-27(17)23(32)18-11-7-13-33-18/h3-4,7-9,11,13-14,17H,5-6,10,12H2,1-2H3,(H,24,29)(H,25,30). The lowest BCUT2D eigenvalue weighted by molar-refractivity contribution is -0.127. The van der Waals surface area contributed by atoms with Gasteiger partial charge in [-0.2, -0.15) is 5.10 Å². The molecule has 1 aliphatic heterocycles. The van der Waals surface area contributed by atoms with Crippen LogP contribution in [-0.4, -0.2) is 45.0 Å². The summed E-state index contributed by atoms with van der Waals surface area (Å²) in [4.78, 5) is 52.7. The van der Waals surface area contributed by atoms with Crippen molar-refractivity contribution >= 4 is 28.5 Å². The van der Waals surface area contributed by atoms with Crippen LogP contribution in [0.4, 0.5) is 0 Å². The Labute approximate surface area is 189 Å². The summed E-state index contributed by atoms with van der Waals surface area (Å²) in [7, 11) is 0. The Balaban J connectivity index is 1.53. The summed E-state index contributed by atoms with van der Waals surface area (Å²) >= 11 is 0. The number of aromatic nitrogens is 2.